The predicted octanol–water partition coefficient (Wildman–Crippen LogP) is 0.223. The van der Waals surface area contributed by atoms with Crippen molar-refractivity contribution in [2.45, 2.75) is 25.7 Å². The summed E-state index contributed by atoms with van der Waals surface area (Å²) in [4.78, 5) is 0. The van der Waals surface area contributed by atoms with Gasteiger partial charge in [-0.25, -0.2) is 0 Å². The van der Waals surface area contributed by atoms with E-state index in [1.54, 1.807) is 7.11 Å². The van der Waals surface area contributed by atoms with Gasteiger partial charge in [-0.2, -0.15) is 0 Å². The van der Waals surface area contributed by atoms with E-state index >= 15 is 0 Å². The van der Waals surface area contributed by atoms with E-state index < -0.39 is 6.29 Å². The first-order valence-corrected chi connectivity index (χ1v) is 6.33. The van der Waals surface area contributed by atoms with Crippen LogP contribution < -0.4 is 0 Å². The molecular weight excluding hydrogens is 222 g/mol. The number of aliphatic hydroxyl groups excluding tert-OH is 1. The van der Waals surface area contributed by atoms with Crippen molar-refractivity contribution in [2.75, 3.05) is 53.7 Å². The number of rotatable bonds is 7. The van der Waals surface area contributed by atoms with Gasteiger partial charge in [-0.1, -0.05) is 0 Å². The van der Waals surface area contributed by atoms with Crippen molar-refractivity contribution in [3.63, 3.8) is 0 Å². The predicted molar refractivity (Wildman–Crippen MR) is 64.7 cm³/mol. The summed E-state index contributed by atoms with van der Waals surface area (Å²) in [5.41, 5.74) is 0. The summed E-state index contributed by atoms with van der Waals surface area (Å²) in [6.07, 6.45) is -0.102. The second kappa shape index (κ2) is 7.28. The molecule has 0 bridgehead atoms. The lowest BCUT2D eigenvalue weighted by molar-refractivity contribution is -0.940. The molecule has 1 rings (SSSR count). The molecule has 1 N–H and O–H groups in total. The first-order chi connectivity index (χ1) is 8.12. The SMILES string of the molecule is CC[N+]1(C)CCOCC1CC(O)OCCOC. The van der Waals surface area contributed by atoms with Gasteiger partial charge in [0.1, 0.15) is 12.6 Å². The van der Waals surface area contributed by atoms with Gasteiger partial charge in [-0.15, -0.1) is 0 Å². The molecule has 0 aromatic carbocycles. The standard InChI is InChI=1S/C12H26NO4/c1-4-13(2)5-6-16-10-11(13)9-12(14)17-8-7-15-3/h11-12,14H,4-10H2,1-3H3/q+1. The van der Waals surface area contributed by atoms with Crippen molar-refractivity contribution in [3.8, 4) is 0 Å². The lowest BCUT2D eigenvalue weighted by Crippen LogP contribution is -2.59. The van der Waals surface area contributed by atoms with Crippen LogP contribution in [0.3, 0.4) is 0 Å². The van der Waals surface area contributed by atoms with Gasteiger partial charge in [0.05, 0.1) is 46.4 Å². The third-order valence-corrected chi connectivity index (χ3v) is 3.73. The van der Waals surface area contributed by atoms with Crippen LogP contribution in [0, 0.1) is 0 Å². The van der Waals surface area contributed by atoms with Gasteiger partial charge in [0.2, 0.25) is 0 Å². The molecule has 1 fully saturated rings. The van der Waals surface area contributed by atoms with E-state index in [4.69, 9.17) is 14.2 Å². The summed E-state index contributed by atoms with van der Waals surface area (Å²) in [5, 5.41) is 9.81. The minimum Gasteiger partial charge on any atom is -0.382 e. The van der Waals surface area contributed by atoms with Crippen LogP contribution in [0.15, 0.2) is 0 Å². The van der Waals surface area contributed by atoms with Gasteiger partial charge >= 0.3 is 0 Å². The fraction of sp³-hybridized carbons (Fsp3) is 1.00. The molecule has 3 unspecified atom stereocenters. The zero-order valence-electron chi connectivity index (χ0n) is 11.2. The Labute approximate surface area is 104 Å². The highest BCUT2D eigenvalue weighted by atomic mass is 16.6. The topological polar surface area (TPSA) is 47.9 Å². The fourth-order valence-corrected chi connectivity index (χ4v) is 2.16. The Morgan fingerprint density at radius 2 is 2.24 bits per heavy atom. The second-order valence-electron chi connectivity index (χ2n) is 4.80. The molecule has 0 saturated carbocycles. The third-order valence-electron chi connectivity index (χ3n) is 3.73. The van der Waals surface area contributed by atoms with Crippen molar-refractivity contribution in [1.82, 2.24) is 0 Å². The molecule has 102 valence electrons. The molecule has 0 amide bonds. The van der Waals surface area contributed by atoms with E-state index in [0.29, 0.717) is 32.3 Å². The Morgan fingerprint density at radius 1 is 1.47 bits per heavy atom. The zero-order chi connectivity index (χ0) is 12.7. The molecule has 1 saturated heterocycles. The molecule has 5 nitrogen and oxygen atoms in total. The first kappa shape index (κ1) is 14.9. The molecule has 0 spiro atoms. The van der Waals surface area contributed by atoms with Crippen molar-refractivity contribution in [3.05, 3.63) is 0 Å². The number of aliphatic hydroxyl groups is 1. The van der Waals surface area contributed by atoms with Gasteiger partial charge < -0.3 is 23.8 Å². The van der Waals surface area contributed by atoms with Crippen molar-refractivity contribution in [1.29, 1.82) is 0 Å². The van der Waals surface area contributed by atoms with Crippen LogP contribution in [0.2, 0.25) is 0 Å². The summed E-state index contributed by atoms with van der Waals surface area (Å²) in [6.45, 7) is 6.69. The van der Waals surface area contributed by atoms with Crippen LogP contribution in [-0.2, 0) is 14.2 Å². The maximum Gasteiger partial charge on any atom is 0.160 e. The van der Waals surface area contributed by atoms with Crippen LogP contribution in [-0.4, -0.2) is 75.6 Å². The Balaban J connectivity index is 2.36. The highest BCUT2D eigenvalue weighted by Gasteiger charge is 2.36. The monoisotopic (exact) mass is 248 g/mol. The largest absolute Gasteiger partial charge is 0.382 e. The van der Waals surface area contributed by atoms with E-state index in [1.807, 2.05) is 0 Å². The van der Waals surface area contributed by atoms with E-state index in [-0.39, 0.29) is 0 Å². The number of methoxy groups -OCH3 is 1. The number of hydrogen-bond acceptors (Lipinski definition) is 4. The van der Waals surface area contributed by atoms with E-state index in [0.717, 1.165) is 24.2 Å². The van der Waals surface area contributed by atoms with Gasteiger partial charge in [-0.3, -0.25) is 0 Å². The van der Waals surface area contributed by atoms with E-state index in [2.05, 4.69) is 14.0 Å². The summed E-state index contributed by atoms with van der Waals surface area (Å²) in [6, 6.07) is 0.311. The molecule has 1 heterocycles. The molecule has 1 aliphatic rings. The smallest absolute Gasteiger partial charge is 0.160 e. The average Bonchev–Trinajstić information content (AvgIpc) is 2.33. The summed E-state index contributed by atoms with van der Waals surface area (Å²) >= 11 is 0. The van der Waals surface area contributed by atoms with Gasteiger partial charge in [0.15, 0.2) is 6.29 Å². The third kappa shape index (κ3) is 4.52. The highest BCUT2D eigenvalue weighted by molar-refractivity contribution is 4.64. The van der Waals surface area contributed by atoms with Gasteiger partial charge in [-0.05, 0) is 6.92 Å². The van der Waals surface area contributed by atoms with Crippen LogP contribution in [0.5, 0.6) is 0 Å². The van der Waals surface area contributed by atoms with Crippen LogP contribution >= 0.6 is 0 Å². The Morgan fingerprint density at radius 3 is 2.88 bits per heavy atom. The molecule has 0 radical (unpaired) electrons. The van der Waals surface area contributed by atoms with E-state index in [9.17, 15) is 5.11 Å². The minimum atomic E-state index is -0.721. The Hall–Kier alpha value is -0.200. The van der Waals surface area contributed by atoms with Gasteiger partial charge in [0, 0.05) is 7.11 Å². The van der Waals surface area contributed by atoms with Crippen molar-refractivity contribution >= 4 is 0 Å². The molecule has 17 heavy (non-hydrogen) atoms. The summed E-state index contributed by atoms with van der Waals surface area (Å²) in [7, 11) is 3.84. The molecule has 1 aliphatic heterocycles. The summed E-state index contributed by atoms with van der Waals surface area (Å²) in [5.74, 6) is 0. The number of quaternary nitrogens is 1. The van der Waals surface area contributed by atoms with Crippen LogP contribution in [0.25, 0.3) is 0 Å². The highest BCUT2D eigenvalue weighted by Crippen LogP contribution is 2.20. The first-order valence-electron chi connectivity index (χ1n) is 6.33. The quantitative estimate of drug-likeness (QED) is 0.398. The number of nitrogens with zero attached hydrogens (tertiary/aromatic N) is 1. The molecule has 5 heteroatoms. The van der Waals surface area contributed by atoms with Crippen molar-refractivity contribution < 1.29 is 23.8 Å². The van der Waals surface area contributed by atoms with Crippen LogP contribution in [0.1, 0.15) is 13.3 Å². The maximum absolute atomic E-state index is 9.81. The average molecular weight is 248 g/mol. The molecular formula is C12H26NO4+. The fourth-order valence-electron chi connectivity index (χ4n) is 2.16. The normalized spacial score (nSPS) is 31.4. The minimum absolute atomic E-state index is 0.311. The number of hydrogen-bond donors (Lipinski definition) is 1. The number of ether oxygens (including phenoxy) is 3. The molecule has 0 aromatic rings. The van der Waals surface area contributed by atoms with Crippen molar-refractivity contribution in [2.24, 2.45) is 0 Å². The second-order valence-corrected chi connectivity index (χ2v) is 4.80. The molecule has 0 aliphatic carbocycles. The lowest BCUT2D eigenvalue weighted by atomic mass is 10.1. The molecule has 0 aromatic heterocycles. The van der Waals surface area contributed by atoms with E-state index in [1.165, 1.54) is 0 Å². The summed E-state index contributed by atoms with van der Waals surface area (Å²) < 4.78 is 16.6. The number of morpholine rings is 1. The lowest BCUT2D eigenvalue weighted by Gasteiger charge is -2.44. The Bertz CT molecular complexity index is 215. The maximum atomic E-state index is 9.81. The zero-order valence-corrected chi connectivity index (χ0v) is 11.2. The van der Waals surface area contributed by atoms with Gasteiger partial charge in [0.25, 0.3) is 0 Å². The Kier molecular flexibility index (Phi) is 6.37. The van der Waals surface area contributed by atoms with Crippen LogP contribution in [0.4, 0.5) is 0 Å². The molecule has 3 atom stereocenters. The number of likely N-dealkylation sites (N-methyl/N-ethyl adjacent to an activating group) is 1.